The van der Waals surface area contributed by atoms with Crippen LogP contribution in [0.5, 0.6) is 0 Å². The first kappa shape index (κ1) is 16.8. The van der Waals surface area contributed by atoms with Crippen molar-refractivity contribution in [3.05, 3.63) is 82.9 Å². The van der Waals surface area contributed by atoms with Crippen LogP contribution < -0.4 is 5.32 Å². The molecule has 1 amide bonds. The fourth-order valence-corrected chi connectivity index (χ4v) is 2.55. The maximum absolute atomic E-state index is 13.0. The van der Waals surface area contributed by atoms with Gasteiger partial charge in [-0.25, -0.2) is 9.07 Å². The SMILES string of the molecule is Cc1ccccc1Cn1cc(C(=O)NC(C)c2ccc(F)cc2)nn1. The van der Waals surface area contributed by atoms with Crippen LogP contribution in [0.4, 0.5) is 4.39 Å². The molecule has 0 bridgehead atoms. The van der Waals surface area contributed by atoms with E-state index in [0.29, 0.717) is 6.54 Å². The van der Waals surface area contributed by atoms with Crippen LogP contribution >= 0.6 is 0 Å². The van der Waals surface area contributed by atoms with E-state index < -0.39 is 0 Å². The predicted octanol–water partition coefficient (Wildman–Crippen LogP) is 3.26. The summed E-state index contributed by atoms with van der Waals surface area (Å²) in [6, 6.07) is 13.8. The molecule has 0 fully saturated rings. The van der Waals surface area contributed by atoms with Gasteiger partial charge in [0.1, 0.15) is 5.82 Å². The van der Waals surface area contributed by atoms with Crippen molar-refractivity contribution in [1.29, 1.82) is 0 Å². The summed E-state index contributed by atoms with van der Waals surface area (Å²) in [5.74, 6) is -0.616. The molecular formula is C19H19FN4O. The Morgan fingerprint density at radius 2 is 1.92 bits per heavy atom. The lowest BCUT2D eigenvalue weighted by atomic mass is 10.1. The van der Waals surface area contributed by atoms with Gasteiger partial charge in [0, 0.05) is 0 Å². The third kappa shape index (κ3) is 4.09. The van der Waals surface area contributed by atoms with Crippen molar-refractivity contribution < 1.29 is 9.18 Å². The molecular weight excluding hydrogens is 319 g/mol. The summed E-state index contributed by atoms with van der Waals surface area (Å²) < 4.78 is 14.6. The van der Waals surface area contributed by atoms with E-state index >= 15 is 0 Å². The molecule has 1 heterocycles. The van der Waals surface area contributed by atoms with Crippen molar-refractivity contribution in [2.75, 3.05) is 0 Å². The highest BCUT2D eigenvalue weighted by atomic mass is 19.1. The molecule has 1 atom stereocenters. The number of nitrogens with zero attached hydrogens (tertiary/aromatic N) is 3. The number of aromatic nitrogens is 3. The van der Waals surface area contributed by atoms with Crippen LogP contribution in [-0.4, -0.2) is 20.9 Å². The van der Waals surface area contributed by atoms with E-state index in [9.17, 15) is 9.18 Å². The summed E-state index contributed by atoms with van der Waals surface area (Å²) in [7, 11) is 0. The molecule has 0 spiro atoms. The van der Waals surface area contributed by atoms with Crippen LogP contribution in [0.25, 0.3) is 0 Å². The summed E-state index contributed by atoms with van der Waals surface area (Å²) >= 11 is 0. The number of hydrogen-bond acceptors (Lipinski definition) is 3. The first-order valence-corrected chi connectivity index (χ1v) is 8.04. The third-order valence-electron chi connectivity index (χ3n) is 4.08. The molecule has 25 heavy (non-hydrogen) atoms. The molecule has 128 valence electrons. The fraction of sp³-hybridized carbons (Fsp3) is 0.211. The molecule has 0 radical (unpaired) electrons. The lowest BCUT2D eigenvalue weighted by Crippen LogP contribution is -2.27. The maximum Gasteiger partial charge on any atom is 0.273 e. The standard InChI is InChI=1S/C19H19FN4O/c1-13-5-3-4-6-16(13)11-24-12-18(22-23-24)19(25)21-14(2)15-7-9-17(20)10-8-15/h3-10,12,14H,11H2,1-2H3,(H,21,25). The highest BCUT2D eigenvalue weighted by Crippen LogP contribution is 2.14. The normalized spacial score (nSPS) is 12.0. The van der Waals surface area contributed by atoms with Crippen molar-refractivity contribution in [3.63, 3.8) is 0 Å². The average Bonchev–Trinajstić information content (AvgIpc) is 3.06. The lowest BCUT2D eigenvalue weighted by Gasteiger charge is -2.13. The first-order chi connectivity index (χ1) is 12.0. The van der Waals surface area contributed by atoms with Crippen LogP contribution in [0.3, 0.4) is 0 Å². The molecule has 0 aliphatic carbocycles. The van der Waals surface area contributed by atoms with Crippen molar-refractivity contribution in [3.8, 4) is 0 Å². The Bertz CT molecular complexity index is 873. The number of carbonyl (C=O) groups is 1. The van der Waals surface area contributed by atoms with E-state index in [1.165, 1.54) is 12.1 Å². The monoisotopic (exact) mass is 338 g/mol. The van der Waals surface area contributed by atoms with Gasteiger partial charge in [0.15, 0.2) is 5.69 Å². The van der Waals surface area contributed by atoms with E-state index in [-0.39, 0.29) is 23.5 Å². The summed E-state index contributed by atoms with van der Waals surface area (Å²) in [6.07, 6.45) is 1.62. The summed E-state index contributed by atoms with van der Waals surface area (Å²) in [5, 5.41) is 10.8. The molecule has 6 heteroatoms. The number of aryl methyl sites for hydroxylation is 1. The Kier molecular flexibility index (Phi) is 4.88. The van der Waals surface area contributed by atoms with Crippen LogP contribution in [-0.2, 0) is 6.54 Å². The Balaban J connectivity index is 1.66. The molecule has 0 aliphatic rings. The Morgan fingerprint density at radius 3 is 2.64 bits per heavy atom. The van der Waals surface area contributed by atoms with Gasteiger partial charge in [-0.2, -0.15) is 0 Å². The zero-order chi connectivity index (χ0) is 17.8. The molecule has 3 aromatic rings. The summed E-state index contributed by atoms with van der Waals surface area (Å²) in [6.45, 7) is 4.42. The summed E-state index contributed by atoms with van der Waals surface area (Å²) in [5.41, 5.74) is 3.36. The number of rotatable bonds is 5. The van der Waals surface area contributed by atoms with Crippen molar-refractivity contribution >= 4 is 5.91 Å². The second-order valence-electron chi connectivity index (χ2n) is 5.97. The van der Waals surface area contributed by atoms with Gasteiger partial charge in [0.2, 0.25) is 0 Å². The van der Waals surface area contributed by atoms with E-state index in [4.69, 9.17) is 0 Å². The minimum absolute atomic E-state index is 0.252. The second kappa shape index (κ2) is 7.25. The number of benzene rings is 2. The van der Waals surface area contributed by atoms with Gasteiger partial charge in [-0.05, 0) is 42.7 Å². The zero-order valence-corrected chi connectivity index (χ0v) is 14.1. The van der Waals surface area contributed by atoms with Gasteiger partial charge >= 0.3 is 0 Å². The Labute approximate surface area is 145 Å². The van der Waals surface area contributed by atoms with Gasteiger partial charge in [0.05, 0.1) is 18.8 Å². The van der Waals surface area contributed by atoms with Crippen LogP contribution in [0, 0.1) is 12.7 Å². The fourth-order valence-electron chi connectivity index (χ4n) is 2.55. The minimum atomic E-state index is -0.312. The molecule has 0 saturated carbocycles. The quantitative estimate of drug-likeness (QED) is 0.777. The molecule has 3 rings (SSSR count). The van der Waals surface area contributed by atoms with Gasteiger partial charge in [-0.3, -0.25) is 4.79 Å². The van der Waals surface area contributed by atoms with E-state index in [0.717, 1.165) is 16.7 Å². The van der Waals surface area contributed by atoms with Crippen molar-refractivity contribution in [1.82, 2.24) is 20.3 Å². The third-order valence-corrected chi connectivity index (χ3v) is 4.08. The van der Waals surface area contributed by atoms with Crippen LogP contribution in [0.2, 0.25) is 0 Å². The molecule has 2 aromatic carbocycles. The van der Waals surface area contributed by atoms with Crippen molar-refractivity contribution in [2.45, 2.75) is 26.4 Å². The van der Waals surface area contributed by atoms with Gasteiger partial charge in [-0.1, -0.05) is 41.6 Å². The summed E-state index contributed by atoms with van der Waals surface area (Å²) in [4.78, 5) is 12.3. The van der Waals surface area contributed by atoms with Crippen LogP contribution in [0.15, 0.2) is 54.7 Å². The van der Waals surface area contributed by atoms with Gasteiger partial charge in [0.25, 0.3) is 5.91 Å². The second-order valence-corrected chi connectivity index (χ2v) is 5.97. The largest absolute Gasteiger partial charge is 0.344 e. The Hall–Kier alpha value is -3.02. The topological polar surface area (TPSA) is 59.8 Å². The predicted molar refractivity (Wildman–Crippen MR) is 92.6 cm³/mol. The smallest absolute Gasteiger partial charge is 0.273 e. The number of nitrogens with one attached hydrogen (secondary N) is 1. The molecule has 0 saturated heterocycles. The van der Waals surface area contributed by atoms with Gasteiger partial charge in [-0.15, -0.1) is 5.10 Å². The lowest BCUT2D eigenvalue weighted by molar-refractivity contribution is 0.0934. The maximum atomic E-state index is 13.0. The number of amides is 1. The van der Waals surface area contributed by atoms with E-state index in [1.807, 2.05) is 38.1 Å². The highest BCUT2D eigenvalue weighted by Gasteiger charge is 2.15. The average molecular weight is 338 g/mol. The minimum Gasteiger partial charge on any atom is -0.344 e. The molecule has 0 aliphatic heterocycles. The zero-order valence-electron chi connectivity index (χ0n) is 14.1. The molecule has 1 aromatic heterocycles. The molecule has 1 N–H and O–H groups in total. The first-order valence-electron chi connectivity index (χ1n) is 8.04. The van der Waals surface area contributed by atoms with Crippen LogP contribution in [0.1, 0.15) is 40.1 Å². The highest BCUT2D eigenvalue weighted by molar-refractivity contribution is 5.92. The number of carbonyl (C=O) groups excluding carboxylic acids is 1. The Morgan fingerprint density at radius 1 is 1.20 bits per heavy atom. The molecule has 5 nitrogen and oxygen atoms in total. The number of halogens is 1. The molecule has 1 unspecified atom stereocenters. The number of hydrogen-bond donors (Lipinski definition) is 1. The van der Waals surface area contributed by atoms with Crippen molar-refractivity contribution in [2.24, 2.45) is 0 Å². The van der Waals surface area contributed by atoms with E-state index in [2.05, 4.69) is 15.6 Å². The van der Waals surface area contributed by atoms with E-state index in [1.54, 1.807) is 23.0 Å². The van der Waals surface area contributed by atoms with Gasteiger partial charge < -0.3 is 5.32 Å².